The number of thiazole rings is 1. The second-order valence-corrected chi connectivity index (χ2v) is 9.27. The molecule has 0 aliphatic carbocycles. The number of fused-ring (bicyclic) bond motifs is 1. The Labute approximate surface area is 209 Å². The van der Waals surface area contributed by atoms with Gasteiger partial charge in [0.15, 0.2) is 16.6 Å². The van der Waals surface area contributed by atoms with E-state index in [2.05, 4.69) is 4.98 Å². The molecule has 0 unspecified atom stereocenters. The Morgan fingerprint density at radius 1 is 1.11 bits per heavy atom. The smallest absolute Gasteiger partial charge is 0.301 e. The standard InChI is InChI=1S/C27H21FN2O5S/c1-3-14-4-10-18-21(12-14)36-27(29-18)30-23(16-7-11-19(31)20(13-16)35-2)22(25(33)26(30)34)24(32)15-5-8-17(28)9-6-15/h4-13,23,31-32H,3H2,1-2H3/t23-/m0/s1. The number of rotatable bonds is 5. The van der Waals surface area contributed by atoms with Gasteiger partial charge in [0, 0.05) is 5.56 Å². The lowest BCUT2D eigenvalue weighted by Crippen LogP contribution is -2.29. The van der Waals surface area contributed by atoms with Crippen LogP contribution in [0.5, 0.6) is 11.5 Å². The van der Waals surface area contributed by atoms with Crippen molar-refractivity contribution in [3.05, 3.63) is 88.7 Å². The van der Waals surface area contributed by atoms with Gasteiger partial charge in [0.05, 0.1) is 28.9 Å². The lowest BCUT2D eigenvalue weighted by atomic mass is 9.95. The number of nitrogens with zero attached hydrogens (tertiary/aromatic N) is 2. The molecule has 1 aliphatic rings. The molecule has 0 bridgehead atoms. The Balaban J connectivity index is 1.74. The SMILES string of the molecule is CCc1ccc2nc(N3C(=O)C(=O)C(=C(O)c4ccc(F)cc4)[C@@H]3c3ccc(O)c(OC)c3)sc2c1. The van der Waals surface area contributed by atoms with Crippen molar-refractivity contribution in [1.82, 2.24) is 4.98 Å². The van der Waals surface area contributed by atoms with Crippen LogP contribution in [-0.2, 0) is 16.0 Å². The Bertz CT molecular complexity index is 1540. The van der Waals surface area contributed by atoms with Crippen molar-refractivity contribution >= 4 is 44.1 Å². The molecule has 1 saturated heterocycles. The molecule has 5 rings (SSSR count). The van der Waals surface area contributed by atoms with Crippen molar-refractivity contribution < 1.29 is 28.9 Å². The molecule has 1 atom stereocenters. The molecule has 0 radical (unpaired) electrons. The molecule has 1 amide bonds. The number of anilines is 1. The van der Waals surface area contributed by atoms with Gasteiger partial charge in [-0.2, -0.15) is 0 Å². The summed E-state index contributed by atoms with van der Waals surface area (Å²) in [6.45, 7) is 2.04. The van der Waals surface area contributed by atoms with E-state index in [1.165, 1.54) is 47.6 Å². The van der Waals surface area contributed by atoms with Crippen LogP contribution in [0.3, 0.4) is 0 Å². The van der Waals surface area contributed by atoms with E-state index in [0.29, 0.717) is 11.1 Å². The van der Waals surface area contributed by atoms with E-state index in [-0.39, 0.29) is 27.8 Å². The minimum absolute atomic E-state index is 0.121. The van der Waals surface area contributed by atoms with Crippen LogP contribution in [0.4, 0.5) is 9.52 Å². The molecule has 1 aromatic heterocycles. The van der Waals surface area contributed by atoms with Crippen LogP contribution in [0, 0.1) is 5.82 Å². The monoisotopic (exact) mass is 504 g/mol. The lowest BCUT2D eigenvalue weighted by molar-refractivity contribution is -0.132. The van der Waals surface area contributed by atoms with Gasteiger partial charge in [-0.3, -0.25) is 14.5 Å². The Morgan fingerprint density at radius 3 is 2.56 bits per heavy atom. The first-order chi connectivity index (χ1) is 17.3. The number of phenolic OH excluding ortho intramolecular Hbond substituents is 1. The van der Waals surface area contributed by atoms with Crippen molar-refractivity contribution in [2.24, 2.45) is 0 Å². The molecule has 0 spiro atoms. The van der Waals surface area contributed by atoms with Gasteiger partial charge in [0.1, 0.15) is 11.6 Å². The fourth-order valence-electron chi connectivity index (χ4n) is 4.25. The molecule has 3 aromatic carbocycles. The Hall–Kier alpha value is -4.24. The van der Waals surface area contributed by atoms with Gasteiger partial charge < -0.3 is 14.9 Å². The van der Waals surface area contributed by atoms with Gasteiger partial charge in [0.25, 0.3) is 5.78 Å². The molecule has 1 fully saturated rings. The normalized spacial score (nSPS) is 17.2. The number of aliphatic hydroxyl groups excluding tert-OH is 1. The number of carbonyl (C=O) groups is 2. The minimum atomic E-state index is -1.06. The van der Waals surface area contributed by atoms with Crippen LogP contribution in [0.25, 0.3) is 16.0 Å². The summed E-state index contributed by atoms with van der Waals surface area (Å²) in [5, 5.41) is 21.5. The topological polar surface area (TPSA) is 100.0 Å². The Kier molecular flexibility index (Phi) is 5.93. The van der Waals surface area contributed by atoms with E-state index in [1.54, 1.807) is 6.07 Å². The van der Waals surface area contributed by atoms with Crippen LogP contribution in [0.15, 0.2) is 66.2 Å². The van der Waals surface area contributed by atoms with E-state index < -0.39 is 29.3 Å². The zero-order chi connectivity index (χ0) is 25.6. The summed E-state index contributed by atoms with van der Waals surface area (Å²) in [7, 11) is 1.38. The predicted octanol–water partition coefficient (Wildman–Crippen LogP) is 5.34. The van der Waals surface area contributed by atoms with Crippen molar-refractivity contribution in [1.29, 1.82) is 0 Å². The summed E-state index contributed by atoms with van der Waals surface area (Å²) in [5.41, 5.74) is 2.21. The maximum absolute atomic E-state index is 13.5. The van der Waals surface area contributed by atoms with E-state index >= 15 is 0 Å². The number of methoxy groups -OCH3 is 1. The highest BCUT2D eigenvalue weighted by Gasteiger charge is 2.48. The number of benzene rings is 3. The number of aromatic nitrogens is 1. The second kappa shape index (κ2) is 9.09. The van der Waals surface area contributed by atoms with E-state index in [0.717, 1.165) is 28.8 Å². The Morgan fingerprint density at radius 2 is 1.86 bits per heavy atom. The predicted molar refractivity (Wildman–Crippen MR) is 135 cm³/mol. The van der Waals surface area contributed by atoms with Gasteiger partial charge >= 0.3 is 5.91 Å². The number of hydrogen-bond donors (Lipinski definition) is 2. The van der Waals surface area contributed by atoms with Crippen LogP contribution < -0.4 is 9.64 Å². The third kappa shape index (κ3) is 3.87. The molecule has 9 heteroatoms. The van der Waals surface area contributed by atoms with Crippen molar-refractivity contribution in [2.45, 2.75) is 19.4 Å². The van der Waals surface area contributed by atoms with E-state index in [9.17, 15) is 24.2 Å². The summed E-state index contributed by atoms with van der Waals surface area (Å²) in [4.78, 5) is 32.5. The highest BCUT2D eigenvalue weighted by atomic mass is 32.1. The minimum Gasteiger partial charge on any atom is -0.507 e. The number of carbonyl (C=O) groups excluding carboxylic acids is 2. The molecule has 182 valence electrons. The van der Waals surface area contributed by atoms with Gasteiger partial charge in [0.2, 0.25) is 0 Å². The fraction of sp³-hybridized carbons (Fsp3) is 0.148. The summed E-state index contributed by atoms with van der Waals surface area (Å²) < 4.78 is 19.6. The van der Waals surface area contributed by atoms with Crippen molar-refractivity contribution in [3.8, 4) is 11.5 Å². The molecule has 2 N–H and O–H groups in total. The summed E-state index contributed by atoms with van der Waals surface area (Å²) >= 11 is 1.26. The van der Waals surface area contributed by atoms with Crippen LogP contribution in [0.1, 0.15) is 29.7 Å². The zero-order valence-electron chi connectivity index (χ0n) is 19.4. The van der Waals surface area contributed by atoms with E-state index in [1.807, 2.05) is 25.1 Å². The summed E-state index contributed by atoms with van der Waals surface area (Å²) in [6, 6.07) is 14.1. The number of halogens is 1. The quantitative estimate of drug-likeness (QED) is 0.216. The lowest BCUT2D eigenvalue weighted by Gasteiger charge is -2.23. The molecule has 4 aromatic rings. The van der Waals surface area contributed by atoms with Gasteiger partial charge in [-0.15, -0.1) is 0 Å². The molecule has 2 heterocycles. The molecule has 0 saturated carbocycles. The number of aromatic hydroxyl groups is 1. The number of phenols is 1. The zero-order valence-corrected chi connectivity index (χ0v) is 20.2. The fourth-order valence-corrected chi connectivity index (χ4v) is 5.31. The number of aliphatic hydroxyl groups is 1. The van der Waals surface area contributed by atoms with Gasteiger partial charge in [-0.1, -0.05) is 30.4 Å². The third-order valence-electron chi connectivity index (χ3n) is 6.14. The molecular formula is C27H21FN2O5S. The van der Waals surface area contributed by atoms with Gasteiger partial charge in [-0.25, -0.2) is 9.37 Å². The first-order valence-electron chi connectivity index (χ1n) is 11.2. The van der Waals surface area contributed by atoms with Crippen LogP contribution >= 0.6 is 11.3 Å². The van der Waals surface area contributed by atoms with Gasteiger partial charge in [-0.05, 0) is 66.1 Å². The maximum Gasteiger partial charge on any atom is 0.301 e. The molecular weight excluding hydrogens is 483 g/mol. The average Bonchev–Trinajstić information content (AvgIpc) is 3.42. The first-order valence-corrected chi connectivity index (χ1v) is 12.0. The largest absolute Gasteiger partial charge is 0.507 e. The van der Waals surface area contributed by atoms with Crippen LogP contribution in [0.2, 0.25) is 0 Å². The summed E-state index contributed by atoms with van der Waals surface area (Å²) in [5.74, 6) is -2.69. The van der Waals surface area contributed by atoms with Crippen molar-refractivity contribution in [2.75, 3.05) is 12.0 Å². The number of aryl methyl sites for hydroxylation is 1. The third-order valence-corrected chi connectivity index (χ3v) is 7.15. The highest BCUT2D eigenvalue weighted by Crippen LogP contribution is 2.45. The average molecular weight is 505 g/mol. The molecule has 1 aliphatic heterocycles. The van der Waals surface area contributed by atoms with Crippen molar-refractivity contribution in [3.63, 3.8) is 0 Å². The van der Waals surface area contributed by atoms with E-state index in [4.69, 9.17) is 4.74 Å². The number of Topliss-reactive ketones (excluding diaryl/α,β-unsaturated/α-hetero) is 1. The maximum atomic E-state index is 13.5. The molecule has 7 nitrogen and oxygen atoms in total. The number of ether oxygens (including phenoxy) is 1. The molecule has 36 heavy (non-hydrogen) atoms. The number of ketones is 1. The second-order valence-electron chi connectivity index (χ2n) is 8.26. The number of amides is 1. The first kappa shape index (κ1) is 23.5. The number of hydrogen-bond acceptors (Lipinski definition) is 7. The highest BCUT2D eigenvalue weighted by molar-refractivity contribution is 7.22. The summed E-state index contributed by atoms with van der Waals surface area (Å²) in [6.07, 6.45) is 0.832. The van der Waals surface area contributed by atoms with Crippen LogP contribution in [-0.4, -0.2) is 34.0 Å².